The molecule has 2 bridgehead atoms. The van der Waals surface area contributed by atoms with Crippen LogP contribution in [-0.4, -0.2) is 15.4 Å². The summed E-state index contributed by atoms with van der Waals surface area (Å²) in [5.74, 6) is 3.36. The highest BCUT2D eigenvalue weighted by molar-refractivity contribution is 6.17. The molecule has 2 aliphatic carbocycles. The standard InChI is InChI=1S/C17H18ClN3/c18-6-5-17-20-14-4-2-12(10-19)9-16(14)21(17)15-8-11-1-3-13(15)7-11/h2,4,9,11,13,15H,1,3,5-8H2. The van der Waals surface area contributed by atoms with Crippen LogP contribution >= 0.6 is 11.6 Å². The van der Waals surface area contributed by atoms with Crippen LogP contribution in [0.25, 0.3) is 11.0 Å². The van der Waals surface area contributed by atoms with Crippen LogP contribution in [0.1, 0.15) is 43.1 Å². The second-order valence-corrected chi connectivity index (χ2v) is 6.77. The third-order valence-corrected chi connectivity index (χ3v) is 5.43. The molecule has 1 aromatic heterocycles. The van der Waals surface area contributed by atoms with Crippen molar-refractivity contribution in [2.45, 2.75) is 38.1 Å². The average Bonchev–Trinajstić information content (AvgIpc) is 3.19. The van der Waals surface area contributed by atoms with Crippen molar-refractivity contribution in [1.82, 2.24) is 9.55 Å². The fourth-order valence-corrected chi connectivity index (χ4v) is 4.54. The van der Waals surface area contributed by atoms with Gasteiger partial charge < -0.3 is 4.57 Å². The molecule has 0 saturated heterocycles. The highest BCUT2D eigenvalue weighted by Crippen LogP contribution is 2.51. The molecule has 0 aliphatic heterocycles. The normalized spacial score (nSPS) is 27.3. The number of halogens is 1. The first-order valence-corrected chi connectivity index (χ1v) is 8.30. The van der Waals surface area contributed by atoms with Crippen LogP contribution in [0.3, 0.4) is 0 Å². The maximum Gasteiger partial charge on any atom is 0.111 e. The Bertz CT molecular complexity index is 727. The van der Waals surface area contributed by atoms with E-state index in [1.54, 1.807) is 0 Å². The van der Waals surface area contributed by atoms with E-state index in [0.717, 1.165) is 35.1 Å². The Morgan fingerprint density at radius 3 is 2.90 bits per heavy atom. The number of nitriles is 1. The molecule has 2 fully saturated rings. The van der Waals surface area contributed by atoms with Crippen LogP contribution in [-0.2, 0) is 6.42 Å². The first-order chi connectivity index (χ1) is 10.3. The third-order valence-electron chi connectivity index (χ3n) is 5.24. The topological polar surface area (TPSA) is 41.6 Å². The van der Waals surface area contributed by atoms with Crippen molar-refractivity contribution in [3.63, 3.8) is 0 Å². The Morgan fingerprint density at radius 2 is 2.24 bits per heavy atom. The van der Waals surface area contributed by atoms with E-state index in [2.05, 4.69) is 10.6 Å². The molecular formula is C17H18ClN3. The van der Waals surface area contributed by atoms with E-state index in [0.29, 0.717) is 17.5 Å². The molecular weight excluding hydrogens is 282 g/mol. The molecule has 0 spiro atoms. The molecule has 2 aliphatic rings. The van der Waals surface area contributed by atoms with Gasteiger partial charge in [-0.05, 0) is 49.3 Å². The minimum Gasteiger partial charge on any atom is -0.325 e. The molecule has 4 heteroatoms. The molecule has 1 aromatic carbocycles. The molecule has 21 heavy (non-hydrogen) atoms. The van der Waals surface area contributed by atoms with Gasteiger partial charge >= 0.3 is 0 Å². The number of hydrogen-bond acceptors (Lipinski definition) is 2. The predicted molar refractivity (Wildman–Crippen MR) is 83.4 cm³/mol. The lowest BCUT2D eigenvalue weighted by atomic mass is 9.94. The monoisotopic (exact) mass is 299 g/mol. The molecule has 1 heterocycles. The minimum absolute atomic E-state index is 0.556. The summed E-state index contributed by atoms with van der Waals surface area (Å²) in [5.41, 5.74) is 2.83. The maximum absolute atomic E-state index is 9.17. The van der Waals surface area contributed by atoms with Crippen LogP contribution < -0.4 is 0 Å². The zero-order valence-corrected chi connectivity index (χ0v) is 12.7. The summed E-state index contributed by atoms with van der Waals surface area (Å²) in [4.78, 5) is 4.78. The molecule has 108 valence electrons. The van der Waals surface area contributed by atoms with E-state index in [1.807, 2.05) is 18.2 Å². The van der Waals surface area contributed by atoms with Gasteiger partial charge in [0.05, 0.1) is 22.7 Å². The maximum atomic E-state index is 9.17. The minimum atomic E-state index is 0.556. The van der Waals surface area contributed by atoms with Gasteiger partial charge in [0.2, 0.25) is 0 Å². The second kappa shape index (κ2) is 5.03. The van der Waals surface area contributed by atoms with Gasteiger partial charge in [-0.25, -0.2) is 4.98 Å². The number of alkyl halides is 1. The fraction of sp³-hybridized carbons (Fsp3) is 0.529. The molecule has 3 unspecified atom stereocenters. The van der Waals surface area contributed by atoms with E-state index in [-0.39, 0.29) is 0 Å². The summed E-state index contributed by atoms with van der Waals surface area (Å²) >= 11 is 5.97. The Morgan fingerprint density at radius 1 is 1.33 bits per heavy atom. The highest BCUT2D eigenvalue weighted by atomic mass is 35.5. The zero-order valence-electron chi connectivity index (χ0n) is 11.9. The first kappa shape index (κ1) is 13.2. The summed E-state index contributed by atoms with van der Waals surface area (Å²) in [6.45, 7) is 0. The van der Waals surface area contributed by atoms with Crippen LogP contribution in [0.5, 0.6) is 0 Å². The molecule has 2 saturated carbocycles. The van der Waals surface area contributed by atoms with Gasteiger partial charge in [0.15, 0.2) is 0 Å². The molecule has 4 rings (SSSR count). The second-order valence-electron chi connectivity index (χ2n) is 6.39. The van der Waals surface area contributed by atoms with Crippen molar-refractivity contribution in [1.29, 1.82) is 5.26 Å². The number of hydrogen-bond donors (Lipinski definition) is 0. The lowest BCUT2D eigenvalue weighted by molar-refractivity contribution is 0.329. The van der Waals surface area contributed by atoms with Crippen molar-refractivity contribution < 1.29 is 0 Å². The highest BCUT2D eigenvalue weighted by Gasteiger charge is 2.41. The van der Waals surface area contributed by atoms with E-state index in [9.17, 15) is 0 Å². The Hall–Kier alpha value is -1.53. The zero-order chi connectivity index (χ0) is 14.4. The van der Waals surface area contributed by atoms with Gasteiger partial charge in [0.25, 0.3) is 0 Å². The fourth-order valence-electron chi connectivity index (χ4n) is 4.37. The quantitative estimate of drug-likeness (QED) is 0.802. The van der Waals surface area contributed by atoms with Gasteiger partial charge in [-0.3, -0.25) is 0 Å². The number of rotatable bonds is 3. The first-order valence-electron chi connectivity index (χ1n) is 7.77. The number of aryl methyl sites for hydroxylation is 1. The number of imidazole rings is 1. The lowest BCUT2D eigenvalue weighted by Crippen LogP contribution is -2.18. The molecule has 0 N–H and O–H groups in total. The summed E-state index contributed by atoms with van der Waals surface area (Å²) in [6.07, 6.45) is 6.16. The van der Waals surface area contributed by atoms with Crippen LogP contribution in [0.4, 0.5) is 0 Å². The largest absolute Gasteiger partial charge is 0.325 e. The van der Waals surface area contributed by atoms with E-state index in [4.69, 9.17) is 21.8 Å². The number of aromatic nitrogens is 2. The number of fused-ring (bicyclic) bond motifs is 3. The molecule has 0 amide bonds. The Balaban J connectivity index is 1.87. The Kier molecular flexibility index (Phi) is 3.15. The van der Waals surface area contributed by atoms with Crippen molar-refractivity contribution in [2.75, 3.05) is 5.88 Å². The number of benzene rings is 1. The summed E-state index contributed by atoms with van der Waals surface area (Å²) in [6, 6.07) is 8.61. The van der Waals surface area contributed by atoms with Gasteiger partial charge in [0, 0.05) is 18.3 Å². The van der Waals surface area contributed by atoms with Crippen LogP contribution in [0.15, 0.2) is 18.2 Å². The van der Waals surface area contributed by atoms with E-state index < -0.39 is 0 Å². The van der Waals surface area contributed by atoms with E-state index in [1.165, 1.54) is 25.7 Å². The summed E-state index contributed by atoms with van der Waals surface area (Å²) in [7, 11) is 0. The van der Waals surface area contributed by atoms with Crippen LogP contribution in [0, 0.1) is 23.2 Å². The van der Waals surface area contributed by atoms with Gasteiger partial charge in [-0.1, -0.05) is 6.42 Å². The van der Waals surface area contributed by atoms with Crippen molar-refractivity contribution in [3.8, 4) is 6.07 Å². The van der Waals surface area contributed by atoms with E-state index >= 15 is 0 Å². The van der Waals surface area contributed by atoms with Gasteiger partial charge in [-0.15, -0.1) is 11.6 Å². The summed E-state index contributed by atoms with van der Waals surface area (Å²) in [5, 5.41) is 9.17. The molecule has 3 nitrogen and oxygen atoms in total. The molecule has 3 atom stereocenters. The van der Waals surface area contributed by atoms with Crippen molar-refractivity contribution >= 4 is 22.6 Å². The SMILES string of the molecule is N#Cc1ccc2nc(CCCl)n(C3CC4CCC3C4)c2c1. The smallest absolute Gasteiger partial charge is 0.111 e. The van der Waals surface area contributed by atoms with Gasteiger partial charge in [0.1, 0.15) is 5.82 Å². The Labute approximate surface area is 129 Å². The molecule has 0 radical (unpaired) electrons. The predicted octanol–water partition coefficient (Wildman–Crippen LogP) is 4.05. The van der Waals surface area contributed by atoms with Gasteiger partial charge in [-0.2, -0.15) is 5.26 Å². The number of nitrogens with zero attached hydrogens (tertiary/aromatic N) is 3. The van der Waals surface area contributed by atoms with Crippen molar-refractivity contribution in [3.05, 3.63) is 29.6 Å². The van der Waals surface area contributed by atoms with Crippen molar-refractivity contribution in [2.24, 2.45) is 11.8 Å². The molecule has 2 aromatic rings. The third kappa shape index (κ3) is 2.05. The summed E-state index contributed by atoms with van der Waals surface area (Å²) < 4.78 is 2.41. The average molecular weight is 300 g/mol. The lowest BCUT2D eigenvalue weighted by Gasteiger charge is -2.25. The van der Waals surface area contributed by atoms with Crippen LogP contribution in [0.2, 0.25) is 0 Å².